The third kappa shape index (κ3) is 7.09. The van der Waals surface area contributed by atoms with Crippen LogP contribution >= 0.6 is 11.6 Å². The van der Waals surface area contributed by atoms with Gasteiger partial charge in [-0.25, -0.2) is 18.1 Å². The van der Waals surface area contributed by atoms with Gasteiger partial charge in [0.15, 0.2) is 0 Å². The minimum atomic E-state index is 0. The molecule has 0 amide bonds. The molecule has 0 radical (unpaired) electrons. The zero-order chi connectivity index (χ0) is 37.8. The fourth-order valence-electron chi connectivity index (χ4n) is 10.1. The molecule has 0 spiro atoms. The molecule has 1 fully saturated rings. The maximum Gasteiger partial charge on any atom is -0.172 e. The van der Waals surface area contributed by atoms with Crippen molar-refractivity contribution in [3.8, 4) is 0 Å². The van der Waals surface area contributed by atoms with Crippen LogP contribution in [-0.4, -0.2) is 3.21 Å². The van der Waals surface area contributed by atoms with E-state index in [2.05, 4.69) is 146 Å². The van der Waals surface area contributed by atoms with E-state index in [0.717, 1.165) is 11.4 Å². The van der Waals surface area contributed by atoms with Crippen LogP contribution in [0.25, 0.3) is 16.3 Å². The molecule has 4 aliphatic carbocycles. The Morgan fingerprint density at radius 2 is 1.40 bits per heavy atom. The number of hydrogen-bond donors (Lipinski definition) is 0. The van der Waals surface area contributed by atoms with Gasteiger partial charge in [-0.2, -0.15) is 29.3 Å². The number of allylic oxidation sites excluding steroid dienone is 6. The van der Waals surface area contributed by atoms with E-state index in [1.54, 1.807) is 28.2 Å². The molecule has 0 nitrogen and oxygen atoms in total. The second-order valence-corrected chi connectivity index (χ2v) is 18.8. The van der Waals surface area contributed by atoms with Crippen LogP contribution in [0.2, 0.25) is 5.02 Å². The molecule has 0 bridgehead atoms. The van der Waals surface area contributed by atoms with E-state index in [9.17, 15) is 0 Å². The predicted molar refractivity (Wildman–Crippen MR) is 225 cm³/mol. The summed E-state index contributed by atoms with van der Waals surface area (Å²) in [6.07, 6.45) is 8.50. The molecule has 0 aromatic heterocycles. The summed E-state index contributed by atoms with van der Waals surface area (Å²) in [6, 6.07) is 42.2. The first-order chi connectivity index (χ1) is 25.2. The van der Waals surface area contributed by atoms with Gasteiger partial charge in [0.25, 0.3) is 0 Å². The van der Waals surface area contributed by atoms with Crippen molar-refractivity contribution in [3.63, 3.8) is 0 Å². The van der Waals surface area contributed by atoms with Crippen molar-refractivity contribution in [3.05, 3.63) is 183 Å². The molecule has 2 unspecified atom stereocenters. The minimum absolute atomic E-state index is 0. The van der Waals surface area contributed by atoms with E-state index >= 15 is 0 Å². The van der Waals surface area contributed by atoms with Gasteiger partial charge < -0.3 is 24.8 Å². The van der Waals surface area contributed by atoms with Gasteiger partial charge in [0.05, 0.1) is 0 Å². The van der Waals surface area contributed by atoms with E-state index in [1.165, 1.54) is 73.3 Å². The average molecular weight is 864 g/mol. The summed E-state index contributed by atoms with van der Waals surface area (Å²) in [5.74, 6) is 2.24. The molecule has 0 N–H and O–H groups in total. The van der Waals surface area contributed by atoms with Gasteiger partial charge in [-0.15, -0.1) is 6.92 Å². The second-order valence-electron chi connectivity index (χ2n) is 17.1. The molecule has 4 aliphatic rings. The molecular formula is C51H53Cl3Zr-2. The smallest absolute Gasteiger partial charge is 0.172 e. The number of fused-ring (bicyclic) bond motifs is 7. The van der Waals surface area contributed by atoms with Crippen molar-refractivity contribution in [2.24, 2.45) is 27.6 Å². The molecule has 0 aliphatic heterocycles. The maximum absolute atomic E-state index is 5.96. The van der Waals surface area contributed by atoms with Crippen LogP contribution in [0.15, 0.2) is 150 Å². The Hall–Kier alpha value is -2.80. The zero-order valence-electron chi connectivity index (χ0n) is 33.5. The monoisotopic (exact) mass is 860 g/mol. The molecule has 1 saturated carbocycles. The summed E-state index contributed by atoms with van der Waals surface area (Å²) < 4.78 is 1.36. The van der Waals surface area contributed by atoms with E-state index in [4.69, 9.17) is 11.6 Å². The summed E-state index contributed by atoms with van der Waals surface area (Å²) in [5.41, 5.74) is 12.9. The quantitative estimate of drug-likeness (QED) is 0.158. The van der Waals surface area contributed by atoms with Crippen molar-refractivity contribution in [1.29, 1.82) is 0 Å². The topological polar surface area (TPSA) is 0 Å². The van der Waals surface area contributed by atoms with E-state index < -0.39 is 0 Å². The number of rotatable bonds is 2. The van der Waals surface area contributed by atoms with Crippen molar-refractivity contribution in [2.45, 2.75) is 74.7 Å². The largest absolute Gasteiger partial charge is 1.00 e. The van der Waals surface area contributed by atoms with Gasteiger partial charge in [-0.1, -0.05) is 113 Å². The zero-order valence-corrected chi connectivity index (χ0v) is 38.3. The minimum Gasteiger partial charge on any atom is -1.00 e. The van der Waals surface area contributed by atoms with Crippen molar-refractivity contribution < 1.29 is 49.0 Å². The van der Waals surface area contributed by atoms with Gasteiger partial charge in [0, 0.05) is 0 Å². The van der Waals surface area contributed by atoms with Crippen molar-refractivity contribution in [2.75, 3.05) is 0 Å². The number of hydrogen-bond acceptors (Lipinski definition) is 0. The molecule has 5 aromatic carbocycles. The number of benzene rings is 4. The third-order valence-electron chi connectivity index (χ3n) is 14.5. The normalized spacial score (nSPS) is 21.9. The van der Waals surface area contributed by atoms with E-state index in [-0.39, 0.29) is 46.5 Å². The average Bonchev–Trinajstić information content (AvgIpc) is 3.87. The fourth-order valence-corrected chi connectivity index (χ4v) is 11.2. The molecule has 55 heavy (non-hydrogen) atoms. The van der Waals surface area contributed by atoms with Crippen LogP contribution in [-0.2, 0) is 30.7 Å². The maximum atomic E-state index is 5.96. The molecule has 9 rings (SSSR count). The summed E-state index contributed by atoms with van der Waals surface area (Å²) in [7, 11) is 0. The van der Waals surface area contributed by atoms with Crippen LogP contribution in [0, 0.1) is 33.5 Å². The molecule has 4 heteroatoms. The van der Waals surface area contributed by atoms with Gasteiger partial charge in [0.2, 0.25) is 0 Å². The Kier molecular flexibility index (Phi) is 13.1. The first-order valence-electron chi connectivity index (χ1n) is 19.3. The van der Waals surface area contributed by atoms with Gasteiger partial charge in [-0.3, -0.25) is 0 Å². The Morgan fingerprint density at radius 3 is 2.07 bits per heavy atom. The van der Waals surface area contributed by atoms with Crippen molar-refractivity contribution in [1.82, 2.24) is 0 Å². The van der Waals surface area contributed by atoms with Crippen LogP contribution in [0.1, 0.15) is 90.5 Å². The molecule has 284 valence electrons. The molecule has 0 heterocycles. The van der Waals surface area contributed by atoms with Crippen LogP contribution in [0.5, 0.6) is 0 Å². The van der Waals surface area contributed by atoms with Gasteiger partial charge >= 0.3 is 133 Å². The predicted octanol–water partition coefficient (Wildman–Crippen LogP) is 7.99. The van der Waals surface area contributed by atoms with Crippen LogP contribution in [0.4, 0.5) is 0 Å². The van der Waals surface area contributed by atoms with Gasteiger partial charge in [-0.05, 0) is 40.6 Å². The Balaban J connectivity index is 0.000000192. The summed E-state index contributed by atoms with van der Waals surface area (Å²) in [6.45, 7) is 20.3. The first-order valence-corrected chi connectivity index (χ1v) is 20.9. The Labute approximate surface area is 363 Å². The molecular weight excluding hydrogens is 810 g/mol. The Morgan fingerprint density at radius 1 is 0.764 bits per heavy atom. The molecule has 0 saturated heterocycles. The molecule has 2 atom stereocenters. The molecule has 5 aromatic rings. The number of halogens is 3. The summed E-state index contributed by atoms with van der Waals surface area (Å²) >= 11 is 7.37. The fraction of sp³-hybridized carbons (Fsp3) is 0.314. The SMILES string of the molecule is C[C-]1C2=C3Cc4ccccc4C3=C3C=CCCC3C2(C)C(C)(C)C(C)(C)C1(C)C.Clc1ccc([C](=[Zr+2])c2cccc3ccccc23)cc1.[Cl-].[Cl-].c1cc[cH-]c1. The third-order valence-corrected chi connectivity index (χ3v) is 16.2. The standard InChI is InChI=1S/C29H37.C17H11Cl.C5H5.2ClH.Zr/c1-18-25-22-17-19-13-9-10-14-20(19)24(22)21-15-11-12-16-23(21)29(25,8)28(6,7)27(4,5)26(18,2)3;18-16-10-8-13(9-11-16)12-15-6-3-5-14-4-1-2-7-17(14)15;1-2-4-5-3-1;;;/h9-11,13-15,23H,12,16-17H2,1-8H3;1-11H;1-5H;2*1H;/q-1;;-1;;;+2/p-2. The van der Waals surface area contributed by atoms with Crippen LogP contribution in [0.3, 0.4) is 0 Å². The van der Waals surface area contributed by atoms with E-state index in [0.29, 0.717) is 5.92 Å². The van der Waals surface area contributed by atoms with Gasteiger partial charge in [0.1, 0.15) is 0 Å². The first kappa shape index (κ1) is 43.3. The van der Waals surface area contributed by atoms with E-state index in [1.807, 2.05) is 42.5 Å². The summed E-state index contributed by atoms with van der Waals surface area (Å²) in [5, 5.41) is 3.38. The second kappa shape index (κ2) is 16.6. The summed E-state index contributed by atoms with van der Waals surface area (Å²) in [4.78, 5) is 0. The van der Waals surface area contributed by atoms with Crippen molar-refractivity contribution >= 4 is 31.2 Å². The Bertz CT molecular complexity index is 2220. The van der Waals surface area contributed by atoms with Crippen LogP contribution < -0.4 is 24.8 Å².